The van der Waals surface area contributed by atoms with E-state index >= 15 is 0 Å². The van der Waals surface area contributed by atoms with Gasteiger partial charge in [0.2, 0.25) is 0 Å². The molecule has 20 heavy (non-hydrogen) atoms. The van der Waals surface area contributed by atoms with Crippen LogP contribution in [0.15, 0.2) is 18.2 Å². The van der Waals surface area contributed by atoms with Gasteiger partial charge in [0.1, 0.15) is 17.1 Å². The Kier molecular flexibility index (Phi) is 5.07. The van der Waals surface area contributed by atoms with Gasteiger partial charge in [-0.05, 0) is 38.5 Å². The van der Waals surface area contributed by atoms with Gasteiger partial charge >= 0.3 is 5.97 Å². The lowest BCUT2D eigenvalue weighted by atomic mass is 10.0. The van der Waals surface area contributed by atoms with Crippen LogP contribution < -0.4 is 10.1 Å². The Morgan fingerprint density at radius 3 is 2.60 bits per heavy atom. The molecule has 0 saturated heterocycles. The monoisotopic (exact) mass is 283 g/mol. The average molecular weight is 283 g/mol. The third-order valence-corrected chi connectivity index (χ3v) is 2.89. The molecule has 0 spiro atoms. The highest BCUT2D eigenvalue weighted by Crippen LogP contribution is 2.19. The van der Waals surface area contributed by atoms with Crippen LogP contribution in [0.1, 0.15) is 37.6 Å². The molecule has 0 atom stereocenters. The Morgan fingerprint density at radius 2 is 2.05 bits per heavy atom. The number of carbonyl (C=O) groups excluding carboxylic acids is 1. The standard InChI is InChI=1S/C14H18FNO4/c1-4-14(2,3)16-12(17)8-20-11-6-5-9(15)7-10(11)13(18)19/h5-7H,4,8H2,1-3H3,(H,16,17)(H,18,19). The molecule has 1 amide bonds. The van der Waals surface area contributed by atoms with Gasteiger partial charge in [0, 0.05) is 5.54 Å². The number of rotatable bonds is 6. The first-order valence-corrected chi connectivity index (χ1v) is 6.22. The van der Waals surface area contributed by atoms with Gasteiger partial charge in [0.25, 0.3) is 5.91 Å². The van der Waals surface area contributed by atoms with Gasteiger partial charge in [-0.3, -0.25) is 4.79 Å². The number of carbonyl (C=O) groups is 2. The van der Waals surface area contributed by atoms with Crippen molar-refractivity contribution in [1.29, 1.82) is 0 Å². The van der Waals surface area contributed by atoms with E-state index in [0.29, 0.717) is 0 Å². The van der Waals surface area contributed by atoms with E-state index in [-0.39, 0.29) is 29.4 Å². The van der Waals surface area contributed by atoms with E-state index in [4.69, 9.17) is 9.84 Å². The van der Waals surface area contributed by atoms with Gasteiger partial charge in [-0.2, -0.15) is 0 Å². The van der Waals surface area contributed by atoms with Crippen LogP contribution in [-0.4, -0.2) is 29.1 Å². The highest BCUT2D eigenvalue weighted by atomic mass is 19.1. The fourth-order valence-electron chi connectivity index (χ4n) is 1.44. The smallest absolute Gasteiger partial charge is 0.339 e. The molecule has 0 unspecified atom stereocenters. The zero-order chi connectivity index (χ0) is 15.3. The quantitative estimate of drug-likeness (QED) is 0.839. The van der Waals surface area contributed by atoms with Crippen molar-refractivity contribution in [2.24, 2.45) is 0 Å². The highest BCUT2D eigenvalue weighted by Gasteiger charge is 2.19. The summed E-state index contributed by atoms with van der Waals surface area (Å²) in [5.74, 6) is -2.39. The molecule has 1 aromatic carbocycles. The van der Waals surface area contributed by atoms with Crippen LogP contribution in [0.4, 0.5) is 4.39 Å². The SMILES string of the molecule is CCC(C)(C)NC(=O)COc1ccc(F)cc1C(=O)O. The van der Waals surface area contributed by atoms with Crippen LogP contribution in [0.5, 0.6) is 5.75 Å². The van der Waals surface area contributed by atoms with Crippen LogP contribution >= 0.6 is 0 Å². The zero-order valence-corrected chi connectivity index (χ0v) is 11.7. The number of hydrogen-bond acceptors (Lipinski definition) is 3. The van der Waals surface area contributed by atoms with Gasteiger partial charge < -0.3 is 15.2 Å². The van der Waals surface area contributed by atoms with E-state index in [1.165, 1.54) is 6.07 Å². The van der Waals surface area contributed by atoms with E-state index in [9.17, 15) is 14.0 Å². The number of hydrogen-bond donors (Lipinski definition) is 2. The van der Waals surface area contributed by atoms with E-state index < -0.39 is 11.8 Å². The van der Waals surface area contributed by atoms with Crippen LogP contribution in [-0.2, 0) is 4.79 Å². The molecule has 110 valence electrons. The molecular weight excluding hydrogens is 265 g/mol. The number of aromatic carboxylic acids is 1. The normalized spacial score (nSPS) is 11.0. The summed E-state index contributed by atoms with van der Waals surface area (Å²) in [5, 5.41) is 11.7. The minimum atomic E-state index is -1.31. The van der Waals surface area contributed by atoms with Crippen LogP contribution in [0.25, 0.3) is 0 Å². The maximum absolute atomic E-state index is 13.0. The molecular formula is C14H18FNO4. The number of nitrogens with one attached hydrogen (secondary N) is 1. The molecule has 6 heteroatoms. The van der Waals surface area contributed by atoms with E-state index in [2.05, 4.69) is 5.32 Å². The van der Waals surface area contributed by atoms with E-state index in [0.717, 1.165) is 18.6 Å². The van der Waals surface area contributed by atoms with E-state index in [1.807, 2.05) is 20.8 Å². The Morgan fingerprint density at radius 1 is 1.40 bits per heavy atom. The molecule has 0 aliphatic rings. The van der Waals surface area contributed by atoms with Crippen molar-refractivity contribution in [3.63, 3.8) is 0 Å². The van der Waals surface area contributed by atoms with Crippen LogP contribution in [0.3, 0.4) is 0 Å². The van der Waals surface area contributed by atoms with Gasteiger partial charge in [-0.1, -0.05) is 6.92 Å². The summed E-state index contributed by atoms with van der Waals surface area (Å²) < 4.78 is 18.1. The molecule has 0 radical (unpaired) electrons. The lowest BCUT2D eigenvalue weighted by molar-refractivity contribution is -0.124. The molecule has 0 aliphatic heterocycles. The van der Waals surface area contributed by atoms with Gasteiger partial charge in [-0.15, -0.1) is 0 Å². The predicted octanol–water partition coefficient (Wildman–Crippen LogP) is 2.21. The number of amides is 1. The average Bonchev–Trinajstić information content (AvgIpc) is 2.36. The van der Waals surface area contributed by atoms with Crippen molar-refractivity contribution in [3.8, 4) is 5.75 Å². The summed E-state index contributed by atoms with van der Waals surface area (Å²) in [4.78, 5) is 22.6. The molecule has 0 saturated carbocycles. The second-order valence-corrected chi connectivity index (χ2v) is 5.02. The zero-order valence-electron chi connectivity index (χ0n) is 11.7. The van der Waals surface area contributed by atoms with Crippen molar-refractivity contribution < 1.29 is 23.8 Å². The fraction of sp³-hybridized carbons (Fsp3) is 0.429. The summed E-state index contributed by atoms with van der Waals surface area (Å²) in [6.07, 6.45) is 0.746. The number of halogens is 1. The first kappa shape index (κ1) is 15.9. The first-order chi connectivity index (χ1) is 9.25. The molecule has 0 fully saturated rings. The topological polar surface area (TPSA) is 75.6 Å². The molecule has 0 aromatic heterocycles. The molecule has 0 heterocycles. The van der Waals surface area contributed by atoms with Crippen molar-refractivity contribution in [2.75, 3.05) is 6.61 Å². The van der Waals surface area contributed by atoms with E-state index in [1.54, 1.807) is 0 Å². The number of ether oxygens (including phenoxy) is 1. The molecule has 1 aromatic rings. The predicted molar refractivity (Wildman–Crippen MR) is 71.4 cm³/mol. The van der Waals surface area contributed by atoms with Crippen molar-refractivity contribution in [3.05, 3.63) is 29.6 Å². The maximum atomic E-state index is 13.0. The second kappa shape index (κ2) is 6.36. The molecule has 0 bridgehead atoms. The maximum Gasteiger partial charge on any atom is 0.339 e. The highest BCUT2D eigenvalue weighted by molar-refractivity contribution is 5.91. The minimum Gasteiger partial charge on any atom is -0.483 e. The fourth-order valence-corrected chi connectivity index (χ4v) is 1.44. The number of carboxylic acid groups (broad SMARTS) is 1. The molecule has 1 rings (SSSR count). The third kappa shape index (κ3) is 4.53. The van der Waals surface area contributed by atoms with Crippen molar-refractivity contribution >= 4 is 11.9 Å². The minimum absolute atomic E-state index is 0.0386. The summed E-state index contributed by atoms with van der Waals surface area (Å²) in [6.45, 7) is 5.34. The van der Waals surface area contributed by atoms with Gasteiger partial charge in [0.15, 0.2) is 6.61 Å². The van der Waals surface area contributed by atoms with Crippen LogP contribution in [0, 0.1) is 5.82 Å². The summed E-state index contributed by atoms with van der Waals surface area (Å²) in [6, 6.07) is 3.12. The summed E-state index contributed by atoms with van der Waals surface area (Å²) >= 11 is 0. The molecule has 5 nitrogen and oxygen atoms in total. The Hall–Kier alpha value is -2.11. The lowest BCUT2D eigenvalue weighted by Crippen LogP contribution is -2.44. The molecule has 2 N–H and O–H groups in total. The summed E-state index contributed by atoms with van der Waals surface area (Å²) in [7, 11) is 0. The van der Waals surface area contributed by atoms with Crippen molar-refractivity contribution in [1.82, 2.24) is 5.32 Å². The molecule has 0 aliphatic carbocycles. The second-order valence-electron chi connectivity index (χ2n) is 5.02. The number of benzene rings is 1. The largest absolute Gasteiger partial charge is 0.483 e. The van der Waals surface area contributed by atoms with Gasteiger partial charge in [0.05, 0.1) is 0 Å². The Labute approximate surface area is 116 Å². The van der Waals surface area contributed by atoms with Gasteiger partial charge in [-0.25, -0.2) is 9.18 Å². The lowest BCUT2D eigenvalue weighted by Gasteiger charge is -2.24. The van der Waals surface area contributed by atoms with Crippen molar-refractivity contribution in [2.45, 2.75) is 32.7 Å². The third-order valence-electron chi connectivity index (χ3n) is 2.89. The number of carboxylic acids is 1. The summed E-state index contributed by atoms with van der Waals surface area (Å²) in [5.41, 5.74) is -0.675. The van der Waals surface area contributed by atoms with Crippen LogP contribution in [0.2, 0.25) is 0 Å². The first-order valence-electron chi connectivity index (χ1n) is 6.22. The Balaban J connectivity index is 2.71. The Bertz CT molecular complexity index is 514.